The Kier molecular flexibility index (Phi) is 3.29. The maximum absolute atomic E-state index is 11.5. The fourth-order valence-electron chi connectivity index (χ4n) is 1.68. The van der Waals surface area contributed by atoms with Crippen molar-refractivity contribution in [2.75, 3.05) is 7.05 Å². The van der Waals surface area contributed by atoms with Crippen molar-refractivity contribution in [3.05, 3.63) is 17.0 Å². The van der Waals surface area contributed by atoms with E-state index in [1.165, 1.54) is 11.3 Å². The molecule has 0 spiro atoms. The minimum atomic E-state index is -0.390. The highest BCUT2D eigenvalue weighted by atomic mass is 32.1. The molecule has 1 saturated heterocycles. The van der Waals surface area contributed by atoms with Gasteiger partial charge in [0, 0.05) is 11.8 Å². The van der Waals surface area contributed by atoms with Gasteiger partial charge in [0.05, 0.1) is 16.1 Å². The van der Waals surface area contributed by atoms with Crippen LogP contribution in [0.4, 0.5) is 0 Å². The summed E-state index contributed by atoms with van der Waals surface area (Å²) >= 11 is 1.40. The maximum Gasteiger partial charge on any atom is 0.505 e. The second-order valence-electron chi connectivity index (χ2n) is 5.37. The molecule has 1 aromatic rings. The van der Waals surface area contributed by atoms with Crippen molar-refractivity contribution < 1.29 is 14.1 Å². The molecule has 0 radical (unpaired) electrons. The Balaban J connectivity index is 2.20. The zero-order valence-corrected chi connectivity index (χ0v) is 12.2. The number of carbonyl (C=O) groups is 1. The molecule has 2 rings (SSSR count). The average Bonchev–Trinajstić information content (AvgIpc) is 2.82. The van der Waals surface area contributed by atoms with E-state index in [1.54, 1.807) is 13.1 Å². The highest BCUT2D eigenvalue weighted by Gasteiger charge is 2.52. The monoisotopic (exact) mass is 267 g/mol. The van der Waals surface area contributed by atoms with E-state index in [0.717, 1.165) is 4.78 Å². The summed E-state index contributed by atoms with van der Waals surface area (Å²) in [4.78, 5) is 12.2. The van der Waals surface area contributed by atoms with Gasteiger partial charge >= 0.3 is 7.12 Å². The molecule has 4 nitrogen and oxygen atoms in total. The van der Waals surface area contributed by atoms with Gasteiger partial charge in [-0.2, -0.15) is 0 Å². The summed E-state index contributed by atoms with van der Waals surface area (Å²) in [5.74, 6) is -0.0808. The topological polar surface area (TPSA) is 47.6 Å². The number of hydrogen-bond acceptors (Lipinski definition) is 4. The van der Waals surface area contributed by atoms with E-state index in [1.807, 2.05) is 33.8 Å². The van der Waals surface area contributed by atoms with E-state index in [4.69, 9.17) is 9.31 Å². The van der Waals surface area contributed by atoms with Crippen LogP contribution in [0.3, 0.4) is 0 Å². The van der Waals surface area contributed by atoms with Crippen molar-refractivity contribution >= 4 is 29.1 Å². The predicted octanol–water partition coefficient (Wildman–Crippen LogP) is 1.41. The lowest BCUT2D eigenvalue weighted by Gasteiger charge is -2.32. The standard InChI is InChI=1S/C12H18BNO3S/c1-11(2)12(3,4)17-13(16-11)9-7-6-8(18-9)10(15)14-5/h6-7H,1-5H3,(H,14,15). The van der Waals surface area contributed by atoms with Crippen molar-refractivity contribution in [1.82, 2.24) is 5.32 Å². The second-order valence-corrected chi connectivity index (χ2v) is 6.48. The molecular weight excluding hydrogens is 249 g/mol. The van der Waals surface area contributed by atoms with Gasteiger partial charge in [0.15, 0.2) is 0 Å². The molecule has 1 aliphatic heterocycles. The summed E-state index contributed by atoms with van der Waals surface area (Å²) in [5, 5.41) is 2.61. The first-order valence-corrected chi connectivity index (χ1v) is 6.76. The normalized spacial score (nSPS) is 21.1. The van der Waals surface area contributed by atoms with E-state index in [-0.39, 0.29) is 17.1 Å². The first kappa shape index (κ1) is 13.6. The Labute approximate surface area is 112 Å². The first-order valence-electron chi connectivity index (χ1n) is 5.94. The third-order valence-electron chi connectivity index (χ3n) is 3.56. The van der Waals surface area contributed by atoms with Crippen LogP contribution >= 0.6 is 11.3 Å². The average molecular weight is 267 g/mol. The quantitative estimate of drug-likeness (QED) is 0.824. The molecule has 0 saturated carbocycles. The second kappa shape index (κ2) is 4.37. The van der Waals surface area contributed by atoms with E-state index in [0.29, 0.717) is 4.88 Å². The van der Waals surface area contributed by atoms with Crippen LogP contribution in [-0.4, -0.2) is 31.3 Å². The summed E-state index contributed by atoms with van der Waals surface area (Å²) in [7, 11) is 1.23. The summed E-state index contributed by atoms with van der Waals surface area (Å²) in [6.07, 6.45) is 0. The Hall–Kier alpha value is -0.845. The van der Waals surface area contributed by atoms with Crippen LogP contribution in [0.2, 0.25) is 0 Å². The molecule has 1 fully saturated rings. The van der Waals surface area contributed by atoms with Crippen LogP contribution in [-0.2, 0) is 9.31 Å². The molecule has 1 aliphatic rings. The molecule has 0 unspecified atom stereocenters. The number of rotatable bonds is 2. The number of thiophene rings is 1. The van der Waals surface area contributed by atoms with E-state index < -0.39 is 7.12 Å². The lowest BCUT2D eigenvalue weighted by atomic mass is 9.88. The lowest BCUT2D eigenvalue weighted by molar-refractivity contribution is 0.00578. The number of carbonyl (C=O) groups excluding carboxylic acids is 1. The summed E-state index contributed by atoms with van der Waals surface area (Å²) in [5.41, 5.74) is -0.705. The van der Waals surface area contributed by atoms with E-state index in [2.05, 4.69) is 5.32 Å². The van der Waals surface area contributed by atoms with Crippen LogP contribution in [0, 0.1) is 0 Å². The Bertz CT molecular complexity index is 454. The Morgan fingerprint density at radius 1 is 1.22 bits per heavy atom. The van der Waals surface area contributed by atoms with Gasteiger partial charge in [-0.25, -0.2) is 0 Å². The number of nitrogens with one attached hydrogen (secondary N) is 1. The van der Waals surface area contributed by atoms with Gasteiger partial charge in [-0.05, 0) is 33.8 Å². The minimum Gasteiger partial charge on any atom is -0.399 e. The maximum atomic E-state index is 11.5. The van der Waals surface area contributed by atoms with Crippen LogP contribution in [0.1, 0.15) is 37.4 Å². The van der Waals surface area contributed by atoms with Gasteiger partial charge in [-0.1, -0.05) is 6.07 Å². The smallest absolute Gasteiger partial charge is 0.399 e. The van der Waals surface area contributed by atoms with Crippen LogP contribution in [0.25, 0.3) is 0 Å². The van der Waals surface area contributed by atoms with Crippen molar-refractivity contribution in [3.8, 4) is 0 Å². The van der Waals surface area contributed by atoms with Crippen molar-refractivity contribution in [2.45, 2.75) is 38.9 Å². The van der Waals surface area contributed by atoms with Gasteiger partial charge in [-0.15, -0.1) is 11.3 Å². The summed E-state index contributed by atoms with van der Waals surface area (Å²) in [6, 6.07) is 3.68. The van der Waals surface area contributed by atoms with Gasteiger partial charge in [-0.3, -0.25) is 4.79 Å². The van der Waals surface area contributed by atoms with Crippen molar-refractivity contribution in [1.29, 1.82) is 0 Å². The van der Waals surface area contributed by atoms with Gasteiger partial charge in [0.2, 0.25) is 0 Å². The predicted molar refractivity (Wildman–Crippen MR) is 73.4 cm³/mol. The van der Waals surface area contributed by atoms with E-state index in [9.17, 15) is 4.79 Å². The van der Waals surface area contributed by atoms with Gasteiger partial charge < -0.3 is 14.6 Å². The molecule has 0 bridgehead atoms. The molecule has 1 N–H and O–H groups in total. The highest BCUT2D eigenvalue weighted by molar-refractivity contribution is 7.23. The Morgan fingerprint density at radius 2 is 1.78 bits per heavy atom. The van der Waals surface area contributed by atoms with Gasteiger partial charge in [0.1, 0.15) is 0 Å². The number of amides is 1. The molecule has 0 atom stereocenters. The summed E-state index contributed by atoms with van der Waals surface area (Å²) in [6.45, 7) is 8.06. The zero-order chi connectivity index (χ0) is 13.6. The van der Waals surface area contributed by atoms with Crippen LogP contribution in [0.15, 0.2) is 12.1 Å². The van der Waals surface area contributed by atoms with E-state index >= 15 is 0 Å². The van der Waals surface area contributed by atoms with Gasteiger partial charge in [0.25, 0.3) is 5.91 Å². The molecule has 2 heterocycles. The molecule has 1 aromatic heterocycles. The molecule has 18 heavy (non-hydrogen) atoms. The minimum absolute atomic E-state index is 0.0808. The molecule has 0 aromatic carbocycles. The molecule has 0 aliphatic carbocycles. The summed E-state index contributed by atoms with van der Waals surface area (Å²) < 4.78 is 12.8. The largest absolute Gasteiger partial charge is 0.505 e. The van der Waals surface area contributed by atoms with Crippen LogP contribution in [0.5, 0.6) is 0 Å². The third-order valence-corrected chi connectivity index (χ3v) is 4.67. The Morgan fingerprint density at radius 3 is 2.28 bits per heavy atom. The molecular formula is C12H18BNO3S. The number of hydrogen-bond donors (Lipinski definition) is 1. The van der Waals surface area contributed by atoms with Crippen molar-refractivity contribution in [3.63, 3.8) is 0 Å². The molecule has 98 valence electrons. The molecule has 6 heteroatoms. The lowest BCUT2D eigenvalue weighted by Crippen LogP contribution is -2.41. The molecule has 1 amide bonds. The fraction of sp³-hybridized carbons (Fsp3) is 0.583. The third kappa shape index (κ3) is 2.20. The first-order chi connectivity index (χ1) is 8.27. The fourth-order valence-corrected chi connectivity index (χ4v) is 2.60. The van der Waals surface area contributed by atoms with Crippen LogP contribution < -0.4 is 10.1 Å². The highest BCUT2D eigenvalue weighted by Crippen LogP contribution is 2.36. The SMILES string of the molecule is CNC(=O)c1ccc(B2OC(C)(C)C(C)(C)O2)s1. The van der Waals surface area contributed by atoms with Crippen molar-refractivity contribution in [2.24, 2.45) is 0 Å². The zero-order valence-electron chi connectivity index (χ0n) is 11.4.